The topological polar surface area (TPSA) is 83.5 Å². The van der Waals surface area contributed by atoms with Gasteiger partial charge in [-0.3, -0.25) is 0 Å². The minimum absolute atomic E-state index is 0. The van der Waals surface area contributed by atoms with Crippen LogP contribution in [0.15, 0.2) is 18.2 Å². The monoisotopic (exact) mass is 293 g/mol. The first-order valence-electron chi connectivity index (χ1n) is 2.93. The number of carbonyl (C=O) groups is 1. The van der Waals surface area contributed by atoms with Crippen LogP contribution in [0, 0.1) is 0 Å². The molecule has 1 rings (SSSR count). The zero-order valence-electron chi connectivity index (χ0n) is 5.61. The van der Waals surface area contributed by atoms with E-state index in [0.29, 0.717) is 5.69 Å². The Morgan fingerprint density at radius 1 is 1.42 bits per heavy atom. The van der Waals surface area contributed by atoms with Gasteiger partial charge >= 0.3 is 54.9 Å². The molecule has 1 aromatic rings. The zero-order valence-corrected chi connectivity index (χ0v) is 5.61. The van der Waals surface area contributed by atoms with Crippen molar-refractivity contribution in [1.82, 2.24) is 0 Å². The molecular formula is C7H9BaNO3. The van der Waals surface area contributed by atoms with Gasteiger partial charge in [-0.25, -0.2) is 4.79 Å². The molecule has 0 saturated carbocycles. The molecule has 0 aliphatic carbocycles. The van der Waals surface area contributed by atoms with E-state index in [1.54, 1.807) is 0 Å². The van der Waals surface area contributed by atoms with Crippen LogP contribution >= 0.6 is 0 Å². The summed E-state index contributed by atoms with van der Waals surface area (Å²) in [7, 11) is 0. The number of carboxylic acid groups (broad SMARTS) is 1. The van der Waals surface area contributed by atoms with Crippen molar-refractivity contribution in [2.45, 2.75) is 0 Å². The van der Waals surface area contributed by atoms with Crippen molar-refractivity contribution >= 4 is 60.5 Å². The summed E-state index contributed by atoms with van der Waals surface area (Å²) in [6.45, 7) is 0. The van der Waals surface area contributed by atoms with Gasteiger partial charge in [0.15, 0.2) is 0 Å². The molecule has 0 amide bonds. The fraction of sp³-hybridized carbons (Fsp3) is 0. The van der Waals surface area contributed by atoms with Crippen molar-refractivity contribution < 1.29 is 15.0 Å². The summed E-state index contributed by atoms with van der Waals surface area (Å²) in [6, 6.07) is 3.89. The van der Waals surface area contributed by atoms with Gasteiger partial charge in [0, 0.05) is 5.69 Å². The second-order valence-corrected chi connectivity index (χ2v) is 2.08. The van der Waals surface area contributed by atoms with Gasteiger partial charge in [0.25, 0.3) is 0 Å². The molecule has 5 heteroatoms. The van der Waals surface area contributed by atoms with Gasteiger partial charge in [-0.05, 0) is 18.2 Å². The number of phenols is 1. The normalized spacial score (nSPS) is 8.67. The number of rotatable bonds is 1. The summed E-state index contributed by atoms with van der Waals surface area (Å²) in [5.74, 6) is -1.46. The molecule has 0 aromatic heterocycles. The van der Waals surface area contributed by atoms with Crippen LogP contribution in [0.4, 0.5) is 5.69 Å². The molecule has 4 N–H and O–H groups in total. The Labute approximate surface area is 109 Å². The average Bonchev–Trinajstić information content (AvgIpc) is 1.94. The Morgan fingerprint density at radius 2 is 2.00 bits per heavy atom. The number of hydrogen-bond acceptors (Lipinski definition) is 3. The van der Waals surface area contributed by atoms with E-state index in [0.717, 1.165) is 0 Å². The van der Waals surface area contributed by atoms with Gasteiger partial charge in [0.05, 0.1) is 0 Å². The summed E-state index contributed by atoms with van der Waals surface area (Å²) in [6.07, 6.45) is 0. The number of carboxylic acids is 1. The van der Waals surface area contributed by atoms with Gasteiger partial charge in [-0.15, -0.1) is 0 Å². The molecule has 0 saturated heterocycles. The Bertz CT molecular complexity index is 301. The summed E-state index contributed by atoms with van der Waals surface area (Å²) >= 11 is 0. The standard InChI is InChI=1S/C7H7NO3.Ba.2H/c8-4-1-2-6(9)5(3-4)7(10)11;;;/h1-3,9H,8H2,(H,10,11);;;. The molecule has 12 heavy (non-hydrogen) atoms. The number of hydrogen-bond donors (Lipinski definition) is 3. The van der Waals surface area contributed by atoms with Gasteiger partial charge in [0.2, 0.25) is 0 Å². The Kier molecular flexibility index (Phi) is 4.73. The maximum atomic E-state index is 10.4. The van der Waals surface area contributed by atoms with E-state index in [1.165, 1.54) is 18.2 Å². The second-order valence-electron chi connectivity index (χ2n) is 2.08. The van der Waals surface area contributed by atoms with Crippen molar-refractivity contribution in [3.8, 4) is 5.75 Å². The van der Waals surface area contributed by atoms with Crippen LogP contribution < -0.4 is 5.73 Å². The average molecular weight is 292 g/mol. The molecule has 0 fully saturated rings. The quantitative estimate of drug-likeness (QED) is 0.379. The van der Waals surface area contributed by atoms with Crippen LogP contribution in [-0.4, -0.2) is 65.1 Å². The number of benzene rings is 1. The predicted molar refractivity (Wildman–Crippen MR) is 48.0 cm³/mol. The Balaban J connectivity index is 0.00000121. The fourth-order valence-electron chi connectivity index (χ4n) is 0.725. The van der Waals surface area contributed by atoms with Crippen LogP contribution in [0.25, 0.3) is 0 Å². The number of anilines is 1. The first-order chi connectivity index (χ1) is 5.11. The van der Waals surface area contributed by atoms with E-state index in [-0.39, 0.29) is 60.2 Å². The fourth-order valence-corrected chi connectivity index (χ4v) is 0.725. The van der Waals surface area contributed by atoms with Gasteiger partial charge < -0.3 is 15.9 Å². The number of nitrogens with two attached hydrogens (primary N) is 1. The first-order valence-corrected chi connectivity index (χ1v) is 2.93. The van der Waals surface area contributed by atoms with Gasteiger partial charge in [0.1, 0.15) is 11.3 Å². The first kappa shape index (κ1) is 11.9. The van der Waals surface area contributed by atoms with E-state index < -0.39 is 5.97 Å². The molecule has 62 valence electrons. The van der Waals surface area contributed by atoms with Crippen molar-refractivity contribution in [2.24, 2.45) is 0 Å². The Morgan fingerprint density at radius 3 is 2.42 bits per heavy atom. The molecule has 4 nitrogen and oxygen atoms in total. The summed E-state index contributed by atoms with van der Waals surface area (Å²) < 4.78 is 0. The van der Waals surface area contributed by atoms with Crippen molar-refractivity contribution in [3.05, 3.63) is 23.8 Å². The van der Waals surface area contributed by atoms with Gasteiger partial charge in [-0.1, -0.05) is 0 Å². The molecular weight excluding hydrogens is 283 g/mol. The van der Waals surface area contributed by atoms with Crippen molar-refractivity contribution in [2.75, 3.05) is 5.73 Å². The van der Waals surface area contributed by atoms with E-state index >= 15 is 0 Å². The summed E-state index contributed by atoms with van der Waals surface area (Å²) in [5.41, 5.74) is 5.43. The molecule has 0 bridgehead atoms. The molecule has 0 unspecified atom stereocenters. The molecule has 0 spiro atoms. The molecule has 0 aliphatic rings. The minimum atomic E-state index is -1.19. The van der Waals surface area contributed by atoms with E-state index in [2.05, 4.69) is 0 Å². The second kappa shape index (κ2) is 4.78. The van der Waals surface area contributed by atoms with Crippen LogP contribution in [-0.2, 0) is 0 Å². The number of aromatic hydroxyl groups is 1. The molecule has 0 aliphatic heterocycles. The molecule has 0 radical (unpaired) electrons. The maximum absolute atomic E-state index is 10.4. The van der Waals surface area contributed by atoms with Crippen molar-refractivity contribution in [1.29, 1.82) is 0 Å². The van der Waals surface area contributed by atoms with Gasteiger partial charge in [-0.2, -0.15) is 0 Å². The SMILES string of the molecule is Nc1ccc(O)c(C(=O)O)c1.[BaH2]. The third-order valence-electron chi connectivity index (χ3n) is 1.25. The zero-order chi connectivity index (χ0) is 8.43. The third kappa shape index (κ3) is 2.72. The van der Waals surface area contributed by atoms with E-state index in [4.69, 9.17) is 15.9 Å². The van der Waals surface area contributed by atoms with Crippen LogP contribution in [0.2, 0.25) is 0 Å². The van der Waals surface area contributed by atoms with E-state index in [9.17, 15) is 4.79 Å². The van der Waals surface area contributed by atoms with Crippen molar-refractivity contribution in [3.63, 3.8) is 0 Å². The molecule has 0 heterocycles. The van der Waals surface area contributed by atoms with Crippen LogP contribution in [0.5, 0.6) is 5.75 Å². The number of aromatic carboxylic acids is 1. The number of nitrogen functional groups attached to an aromatic ring is 1. The Hall–Kier alpha value is -0.139. The van der Waals surface area contributed by atoms with E-state index in [1.807, 2.05) is 0 Å². The predicted octanol–water partition coefficient (Wildman–Crippen LogP) is -0.244. The summed E-state index contributed by atoms with van der Waals surface area (Å²) in [5, 5.41) is 17.4. The molecule has 1 aromatic carbocycles. The van der Waals surface area contributed by atoms with Crippen LogP contribution in [0.1, 0.15) is 10.4 Å². The summed E-state index contributed by atoms with van der Waals surface area (Å²) in [4.78, 5) is 10.4. The third-order valence-corrected chi connectivity index (χ3v) is 1.25. The van der Waals surface area contributed by atoms with Crippen LogP contribution in [0.3, 0.4) is 0 Å². The molecule has 0 atom stereocenters.